The summed E-state index contributed by atoms with van der Waals surface area (Å²) >= 11 is 0. The molecule has 0 atom stereocenters. The Morgan fingerprint density at radius 1 is 1.25 bits per heavy atom. The molecule has 0 spiro atoms. The third-order valence-electron chi connectivity index (χ3n) is 2.30. The van der Waals surface area contributed by atoms with Gasteiger partial charge in [0.25, 0.3) is 0 Å². The van der Waals surface area contributed by atoms with E-state index in [4.69, 9.17) is 4.12 Å². The lowest BCUT2D eigenvalue weighted by atomic mass is 10.2. The second-order valence-electron chi connectivity index (χ2n) is 3.53. The summed E-state index contributed by atoms with van der Waals surface area (Å²) in [6, 6.07) is 8.53. The van der Waals surface area contributed by atoms with Crippen molar-refractivity contribution in [3.8, 4) is 0 Å². The molecular formula is C9H16OSi2. The molecule has 0 radical (unpaired) electrons. The zero-order valence-electron chi connectivity index (χ0n) is 8.22. The largest absolute Gasteiger partial charge is 0.460 e. The average Bonchev–Trinajstić information content (AvgIpc) is 2.05. The van der Waals surface area contributed by atoms with Crippen LogP contribution in [0.15, 0.2) is 24.3 Å². The van der Waals surface area contributed by atoms with Crippen molar-refractivity contribution < 1.29 is 4.12 Å². The van der Waals surface area contributed by atoms with Crippen molar-refractivity contribution in [1.29, 1.82) is 0 Å². The highest BCUT2D eigenvalue weighted by molar-refractivity contribution is 6.86. The van der Waals surface area contributed by atoms with Crippen molar-refractivity contribution >= 4 is 24.0 Å². The van der Waals surface area contributed by atoms with Crippen molar-refractivity contribution in [1.82, 2.24) is 0 Å². The minimum absolute atomic E-state index is 0.842. The molecule has 3 heteroatoms. The van der Waals surface area contributed by atoms with Crippen LogP contribution < -0.4 is 5.19 Å². The first-order valence-electron chi connectivity index (χ1n) is 4.19. The van der Waals surface area contributed by atoms with Crippen molar-refractivity contribution in [2.45, 2.75) is 20.0 Å². The van der Waals surface area contributed by atoms with E-state index >= 15 is 0 Å². The number of rotatable bonds is 2. The first kappa shape index (κ1) is 9.70. The van der Waals surface area contributed by atoms with Gasteiger partial charge >= 0.3 is 0 Å². The van der Waals surface area contributed by atoms with Crippen LogP contribution in [-0.2, 0) is 4.12 Å². The maximum atomic E-state index is 5.68. The summed E-state index contributed by atoms with van der Waals surface area (Å²) < 4.78 is 5.68. The maximum Gasteiger partial charge on any atom is 0.205 e. The normalized spacial score (nSPS) is 11.9. The van der Waals surface area contributed by atoms with Gasteiger partial charge in [-0.1, -0.05) is 24.3 Å². The van der Waals surface area contributed by atoms with Gasteiger partial charge in [0.15, 0.2) is 0 Å². The molecule has 0 saturated heterocycles. The van der Waals surface area contributed by atoms with Gasteiger partial charge in [-0.25, -0.2) is 0 Å². The smallest absolute Gasteiger partial charge is 0.205 e. The molecule has 1 aromatic carbocycles. The molecule has 1 rings (SSSR count). The summed E-state index contributed by atoms with van der Waals surface area (Å²) in [6.45, 7) is 6.66. The molecule has 0 bridgehead atoms. The summed E-state index contributed by atoms with van der Waals surface area (Å²) in [5.41, 5.74) is 1.37. The van der Waals surface area contributed by atoms with Crippen molar-refractivity contribution in [2.24, 2.45) is 0 Å². The van der Waals surface area contributed by atoms with E-state index in [0.29, 0.717) is 0 Å². The van der Waals surface area contributed by atoms with Crippen LogP contribution in [0.5, 0.6) is 0 Å². The summed E-state index contributed by atoms with van der Waals surface area (Å²) in [6.07, 6.45) is 0. The number of hydrogen-bond donors (Lipinski definition) is 0. The zero-order valence-corrected chi connectivity index (χ0v) is 11.2. The maximum absolute atomic E-state index is 5.68. The molecule has 0 amide bonds. The van der Waals surface area contributed by atoms with Gasteiger partial charge in [0.2, 0.25) is 8.32 Å². The third-order valence-corrected chi connectivity index (χ3v) is 8.24. The van der Waals surface area contributed by atoms with E-state index in [9.17, 15) is 0 Å². The van der Waals surface area contributed by atoms with E-state index in [1.165, 1.54) is 10.8 Å². The van der Waals surface area contributed by atoms with Gasteiger partial charge in [-0.05, 0) is 30.8 Å². The highest BCUT2D eigenvalue weighted by Crippen LogP contribution is 2.06. The summed E-state index contributed by atoms with van der Waals surface area (Å²) in [5.74, 6) is 0. The lowest BCUT2D eigenvalue weighted by Crippen LogP contribution is -2.45. The van der Waals surface area contributed by atoms with Crippen LogP contribution in [0.2, 0.25) is 13.1 Å². The van der Waals surface area contributed by atoms with Crippen molar-refractivity contribution in [3.63, 3.8) is 0 Å². The Bertz CT molecular complexity index is 271. The fourth-order valence-corrected chi connectivity index (χ4v) is 3.77. The summed E-state index contributed by atoms with van der Waals surface area (Å²) in [4.78, 5) is 0. The molecule has 0 aromatic heterocycles. The molecule has 0 aliphatic rings. The molecular weight excluding hydrogens is 180 g/mol. The predicted octanol–water partition coefficient (Wildman–Crippen LogP) is 0.704. The second kappa shape index (κ2) is 3.55. The molecule has 0 aliphatic carbocycles. The zero-order chi connectivity index (χ0) is 9.19. The van der Waals surface area contributed by atoms with Crippen LogP contribution in [0, 0.1) is 6.92 Å². The second-order valence-corrected chi connectivity index (χ2v) is 8.72. The highest BCUT2D eigenvalue weighted by Gasteiger charge is 2.23. The molecule has 12 heavy (non-hydrogen) atoms. The Kier molecular flexibility index (Phi) is 2.87. The van der Waals surface area contributed by atoms with Crippen molar-refractivity contribution in [3.05, 3.63) is 29.8 Å². The first-order valence-corrected chi connectivity index (χ1v) is 7.91. The van der Waals surface area contributed by atoms with Gasteiger partial charge in [-0.15, -0.1) is 0 Å². The van der Waals surface area contributed by atoms with Crippen LogP contribution in [0.4, 0.5) is 0 Å². The average molecular weight is 196 g/mol. The van der Waals surface area contributed by atoms with Gasteiger partial charge in [0, 0.05) is 0 Å². The molecule has 0 fully saturated rings. The molecule has 0 aliphatic heterocycles. The molecule has 1 aromatic rings. The quantitative estimate of drug-likeness (QED) is 0.633. The Hall–Kier alpha value is -0.386. The molecule has 0 saturated carbocycles. The fourth-order valence-electron chi connectivity index (χ4n) is 1.36. The molecule has 66 valence electrons. The minimum Gasteiger partial charge on any atom is -0.460 e. The molecule has 0 N–H and O–H groups in total. The molecule has 0 heterocycles. The van der Waals surface area contributed by atoms with Gasteiger partial charge < -0.3 is 4.12 Å². The third kappa shape index (κ3) is 1.85. The van der Waals surface area contributed by atoms with Gasteiger partial charge in [0.1, 0.15) is 10.5 Å². The van der Waals surface area contributed by atoms with Crippen molar-refractivity contribution in [2.75, 3.05) is 0 Å². The Labute approximate surface area is 78.4 Å². The Morgan fingerprint density at radius 2 is 1.83 bits per heavy atom. The lowest BCUT2D eigenvalue weighted by molar-refractivity contribution is 0.628. The number of benzene rings is 1. The Morgan fingerprint density at radius 3 is 2.33 bits per heavy atom. The highest BCUT2D eigenvalue weighted by atomic mass is 28.4. The van der Waals surface area contributed by atoms with E-state index in [1.54, 1.807) is 0 Å². The molecule has 1 nitrogen and oxygen atoms in total. The van der Waals surface area contributed by atoms with Crippen LogP contribution in [0.25, 0.3) is 0 Å². The van der Waals surface area contributed by atoms with E-state index in [-0.39, 0.29) is 0 Å². The standard InChI is InChI=1S/C9H16OSi2/c1-8-6-4-5-7-9(8)12(2,3)10-11/h4-7H,1-3,11H3. The van der Waals surface area contributed by atoms with Crippen LogP contribution in [0.1, 0.15) is 5.56 Å². The monoisotopic (exact) mass is 196 g/mol. The van der Waals surface area contributed by atoms with Crippen LogP contribution >= 0.6 is 0 Å². The molecule has 0 unspecified atom stereocenters. The first-order chi connectivity index (χ1) is 5.58. The number of hydrogen-bond acceptors (Lipinski definition) is 1. The minimum atomic E-state index is -1.54. The van der Waals surface area contributed by atoms with Crippen LogP contribution in [-0.4, -0.2) is 18.8 Å². The summed E-state index contributed by atoms with van der Waals surface area (Å²) in [7, 11) is -0.694. The summed E-state index contributed by atoms with van der Waals surface area (Å²) in [5, 5.41) is 1.43. The van der Waals surface area contributed by atoms with E-state index < -0.39 is 8.32 Å². The topological polar surface area (TPSA) is 9.23 Å². The van der Waals surface area contributed by atoms with Gasteiger partial charge in [-0.2, -0.15) is 0 Å². The van der Waals surface area contributed by atoms with Gasteiger partial charge in [-0.3, -0.25) is 0 Å². The number of aryl methyl sites for hydroxylation is 1. The Balaban J connectivity index is 3.10. The predicted molar refractivity (Wildman–Crippen MR) is 59.3 cm³/mol. The SMILES string of the molecule is Cc1ccccc1[Si](C)(C)O[SiH3]. The van der Waals surface area contributed by atoms with E-state index in [0.717, 1.165) is 10.5 Å². The fraction of sp³-hybridized carbons (Fsp3) is 0.333. The van der Waals surface area contributed by atoms with Crippen LogP contribution in [0.3, 0.4) is 0 Å². The van der Waals surface area contributed by atoms with E-state index in [1.807, 2.05) is 0 Å². The van der Waals surface area contributed by atoms with E-state index in [2.05, 4.69) is 44.3 Å². The van der Waals surface area contributed by atoms with Gasteiger partial charge in [0.05, 0.1) is 0 Å². The lowest BCUT2D eigenvalue weighted by Gasteiger charge is -2.23.